The second kappa shape index (κ2) is 5.22. The maximum atomic E-state index is 11.9. The Hall–Kier alpha value is -2.50. The number of aromatic nitrogens is 3. The van der Waals surface area contributed by atoms with Gasteiger partial charge in [-0.05, 0) is 19.1 Å². The van der Waals surface area contributed by atoms with Crippen molar-refractivity contribution in [3.8, 4) is 0 Å². The maximum absolute atomic E-state index is 11.9. The summed E-state index contributed by atoms with van der Waals surface area (Å²) in [7, 11) is 0. The van der Waals surface area contributed by atoms with Gasteiger partial charge in [-0.2, -0.15) is 0 Å². The topological polar surface area (TPSA) is 74.1 Å². The lowest BCUT2D eigenvalue weighted by atomic mass is 10.2. The Morgan fingerprint density at radius 2 is 2.22 bits per heavy atom. The van der Waals surface area contributed by atoms with Crippen molar-refractivity contribution in [3.05, 3.63) is 48.3 Å². The molecular weight excluding hydrogens is 234 g/mol. The third kappa shape index (κ3) is 2.42. The van der Waals surface area contributed by atoms with E-state index in [2.05, 4.69) is 9.97 Å². The number of hydrogen-bond acceptors (Lipinski definition) is 5. The molecule has 0 N–H and O–H groups in total. The summed E-state index contributed by atoms with van der Waals surface area (Å²) in [5, 5.41) is 0. The van der Waals surface area contributed by atoms with Gasteiger partial charge in [0.2, 0.25) is 0 Å². The Bertz CT molecular complexity index is 546. The van der Waals surface area contributed by atoms with Gasteiger partial charge in [-0.15, -0.1) is 0 Å². The lowest BCUT2D eigenvalue weighted by Crippen LogP contribution is -2.12. The molecule has 2 heterocycles. The van der Waals surface area contributed by atoms with Gasteiger partial charge in [0.1, 0.15) is 12.0 Å². The van der Waals surface area contributed by atoms with E-state index < -0.39 is 5.97 Å². The minimum absolute atomic E-state index is 0.180. The van der Waals surface area contributed by atoms with Crippen LogP contribution in [-0.4, -0.2) is 33.0 Å². The predicted molar refractivity (Wildman–Crippen MR) is 62.1 cm³/mol. The molecule has 0 bridgehead atoms. The fourth-order valence-electron chi connectivity index (χ4n) is 1.37. The van der Waals surface area contributed by atoms with Crippen molar-refractivity contribution in [1.82, 2.24) is 14.5 Å². The molecule has 2 rings (SSSR count). The molecule has 0 aliphatic heterocycles. The molecule has 18 heavy (non-hydrogen) atoms. The number of esters is 1. The molecule has 2 aromatic heterocycles. The zero-order valence-corrected chi connectivity index (χ0v) is 9.74. The fourth-order valence-corrected chi connectivity index (χ4v) is 1.37. The van der Waals surface area contributed by atoms with Crippen LogP contribution in [0.2, 0.25) is 0 Å². The first-order chi connectivity index (χ1) is 8.72. The summed E-state index contributed by atoms with van der Waals surface area (Å²) in [5.74, 6) is -0.755. The summed E-state index contributed by atoms with van der Waals surface area (Å²) in [6.07, 6.45) is 5.80. The van der Waals surface area contributed by atoms with Crippen LogP contribution >= 0.6 is 0 Å². The van der Waals surface area contributed by atoms with Crippen molar-refractivity contribution in [2.45, 2.75) is 6.92 Å². The molecule has 0 aromatic carbocycles. The number of carbonyl (C=O) groups is 2. The van der Waals surface area contributed by atoms with E-state index in [-0.39, 0.29) is 18.2 Å². The third-order valence-corrected chi connectivity index (χ3v) is 2.23. The van der Waals surface area contributed by atoms with E-state index in [9.17, 15) is 9.59 Å². The van der Waals surface area contributed by atoms with Crippen molar-refractivity contribution in [2.24, 2.45) is 0 Å². The highest BCUT2D eigenvalue weighted by atomic mass is 16.5. The number of pyridine rings is 1. The number of nitrogens with zero attached hydrogens (tertiary/aromatic N) is 3. The standard InChI is InChI=1S/C12H11N3O3/c1-2-18-12(17)10-4-3-9(7-14-10)11(16)15-6-5-13-8-15/h3-8H,2H2,1H3. The van der Waals surface area contributed by atoms with Gasteiger partial charge in [0.15, 0.2) is 0 Å². The molecule has 0 saturated carbocycles. The number of hydrogen-bond donors (Lipinski definition) is 0. The monoisotopic (exact) mass is 245 g/mol. The molecule has 0 saturated heterocycles. The van der Waals surface area contributed by atoms with Crippen molar-refractivity contribution in [3.63, 3.8) is 0 Å². The second-order valence-corrected chi connectivity index (χ2v) is 3.43. The molecule has 0 amide bonds. The number of ether oxygens (including phenoxy) is 1. The zero-order valence-electron chi connectivity index (χ0n) is 9.74. The molecule has 2 aromatic rings. The van der Waals surface area contributed by atoms with Crippen LogP contribution in [0.15, 0.2) is 37.1 Å². The van der Waals surface area contributed by atoms with Crippen LogP contribution in [0.3, 0.4) is 0 Å². The number of imidazole rings is 1. The highest BCUT2D eigenvalue weighted by molar-refractivity contribution is 5.96. The molecular formula is C12H11N3O3. The first-order valence-corrected chi connectivity index (χ1v) is 5.38. The zero-order chi connectivity index (χ0) is 13.0. The van der Waals surface area contributed by atoms with Gasteiger partial charge in [0, 0.05) is 18.6 Å². The van der Waals surface area contributed by atoms with Crippen molar-refractivity contribution in [1.29, 1.82) is 0 Å². The van der Waals surface area contributed by atoms with Gasteiger partial charge >= 0.3 is 5.97 Å². The molecule has 0 spiro atoms. The van der Waals surface area contributed by atoms with Crippen LogP contribution < -0.4 is 0 Å². The maximum Gasteiger partial charge on any atom is 0.356 e. The summed E-state index contributed by atoms with van der Waals surface area (Å²) < 4.78 is 6.13. The molecule has 0 unspecified atom stereocenters. The third-order valence-electron chi connectivity index (χ3n) is 2.23. The van der Waals surface area contributed by atoms with Gasteiger partial charge < -0.3 is 4.74 Å². The molecule has 6 nitrogen and oxygen atoms in total. The lowest BCUT2D eigenvalue weighted by Gasteiger charge is -2.03. The van der Waals surface area contributed by atoms with Crippen LogP contribution in [0.25, 0.3) is 0 Å². The molecule has 6 heteroatoms. The van der Waals surface area contributed by atoms with Crippen LogP contribution in [0.1, 0.15) is 27.8 Å². The summed E-state index contributed by atoms with van der Waals surface area (Å²) in [4.78, 5) is 30.9. The Morgan fingerprint density at radius 3 is 2.78 bits per heavy atom. The Morgan fingerprint density at radius 1 is 1.39 bits per heavy atom. The molecule has 0 aliphatic rings. The molecule has 0 atom stereocenters. The van der Waals surface area contributed by atoms with E-state index in [1.165, 1.54) is 35.4 Å². The van der Waals surface area contributed by atoms with Gasteiger partial charge in [0.05, 0.1) is 12.2 Å². The highest BCUT2D eigenvalue weighted by Gasteiger charge is 2.11. The normalized spacial score (nSPS) is 10.1. The van der Waals surface area contributed by atoms with E-state index in [1.807, 2.05) is 0 Å². The van der Waals surface area contributed by atoms with Crippen LogP contribution in [-0.2, 0) is 4.74 Å². The first kappa shape index (κ1) is 12.0. The molecule has 0 radical (unpaired) electrons. The SMILES string of the molecule is CCOC(=O)c1ccc(C(=O)n2ccnc2)cn1. The summed E-state index contributed by atoms with van der Waals surface area (Å²) >= 11 is 0. The quantitative estimate of drug-likeness (QED) is 0.758. The molecule has 0 fully saturated rings. The largest absolute Gasteiger partial charge is 0.461 e. The lowest BCUT2D eigenvalue weighted by molar-refractivity contribution is 0.0519. The first-order valence-electron chi connectivity index (χ1n) is 5.38. The van der Waals surface area contributed by atoms with E-state index in [4.69, 9.17) is 4.74 Å². The van der Waals surface area contributed by atoms with Gasteiger partial charge in [-0.3, -0.25) is 9.36 Å². The van der Waals surface area contributed by atoms with Crippen LogP contribution in [0.4, 0.5) is 0 Å². The van der Waals surface area contributed by atoms with E-state index in [1.54, 1.807) is 13.1 Å². The van der Waals surface area contributed by atoms with E-state index in [0.29, 0.717) is 5.56 Å². The average molecular weight is 245 g/mol. The van der Waals surface area contributed by atoms with Gasteiger partial charge in [0.25, 0.3) is 5.91 Å². The smallest absolute Gasteiger partial charge is 0.356 e. The van der Waals surface area contributed by atoms with Crippen LogP contribution in [0, 0.1) is 0 Å². The average Bonchev–Trinajstić information content (AvgIpc) is 2.92. The minimum Gasteiger partial charge on any atom is -0.461 e. The predicted octanol–water partition coefficient (Wildman–Crippen LogP) is 1.14. The summed E-state index contributed by atoms with van der Waals surface area (Å²) in [6, 6.07) is 2.99. The van der Waals surface area contributed by atoms with Gasteiger partial charge in [-0.25, -0.2) is 14.8 Å². The Labute approximate surface area is 103 Å². The second-order valence-electron chi connectivity index (χ2n) is 3.43. The van der Waals surface area contributed by atoms with Crippen LogP contribution in [0.5, 0.6) is 0 Å². The fraction of sp³-hybridized carbons (Fsp3) is 0.167. The molecule has 0 aliphatic carbocycles. The van der Waals surface area contributed by atoms with E-state index in [0.717, 1.165) is 0 Å². The number of rotatable bonds is 3. The Kier molecular flexibility index (Phi) is 3.47. The van der Waals surface area contributed by atoms with Gasteiger partial charge in [-0.1, -0.05) is 0 Å². The summed E-state index contributed by atoms with van der Waals surface area (Å²) in [6.45, 7) is 2.01. The highest BCUT2D eigenvalue weighted by Crippen LogP contribution is 2.04. The molecule has 92 valence electrons. The van der Waals surface area contributed by atoms with Crippen molar-refractivity contribution in [2.75, 3.05) is 6.61 Å². The van der Waals surface area contributed by atoms with Crippen molar-refractivity contribution >= 4 is 11.9 Å². The van der Waals surface area contributed by atoms with Crippen molar-refractivity contribution < 1.29 is 14.3 Å². The minimum atomic E-state index is -0.501. The number of carbonyl (C=O) groups excluding carboxylic acids is 2. The van der Waals surface area contributed by atoms with E-state index >= 15 is 0 Å². The Balaban J connectivity index is 2.18. The summed E-state index contributed by atoms with van der Waals surface area (Å²) in [5.41, 5.74) is 0.556.